The first-order valence-corrected chi connectivity index (χ1v) is 7.32. The van der Waals surface area contributed by atoms with Crippen molar-refractivity contribution in [1.82, 2.24) is 0 Å². The van der Waals surface area contributed by atoms with Crippen molar-refractivity contribution in [3.8, 4) is 0 Å². The van der Waals surface area contributed by atoms with Crippen LogP contribution in [0.3, 0.4) is 0 Å². The molecular formula is C18H23ClN2O. The van der Waals surface area contributed by atoms with Gasteiger partial charge in [0.15, 0.2) is 0 Å². The molecule has 0 aliphatic rings. The molecule has 2 aromatic rings. The maximum absolute atomic E-state index is 12.0. The molecule has 0 saturated carbocycles. The van der Waals surface area contributed by atoms with E-state index in [4.69, 9.17) is 5.73 Å². The molecule has 0 aromatic heterocycles. The fraction of sp³-hybridized carbons (Fsp3) is 0.278. The van der Waals surface area contributed by atoms with Crippen LogP contribution in [-0.4, -0.2) is 11.9 Å². The zero-order valence-corrected chi connectivity index (χ0v) is 13.6. The summed E-state index contributed by atoms with van der Waals surface area (Å²) in [5, 5.41) is 2.99. The average Bonchev–Trinajstić information content (AvgIpc) is 2.48. The van der Waals surface area contributed by atoms with Gasteiger partial charge in [0.25, 0.3) is 0 Å². The molecule has 0 fully saturated rings. The lowest BCUT2D eigenvalue weighted by molar-refractivity contribution is -0.116. The van der Waals surface area contributed by atoms with E-state index in [0.29, 0.717) is 12.8 Å². The van der Waals surface area contributed by atoms with Crippen molar-refractivity contribution < 1.29 is 4.79 Å². The van der Waals surface area contributed by atoms with Gasteiger partial charge in [-0.2, -0.15) is 0 Å². The molecule has 0 heterocycles. The number of halogens is 1. The van der Waals surface area contributed by atoms with Crippen LogP contribution >= 0.6 is 12.4 Å². The first-order chi connectivity index (χ1) is 10.1. The highest BCUT2D eigenvalue weighted by Crippen LogP contribution is 2.19. The molecule has 0 radical (unpaired) electrons. The maximum atomic E-state index is 12.0. The third-order valence-electron chi connectivity index (χ3n) is 3.36. The number of hydrogen-bond donors (Lipinski definition) is 2. The molecule has 4 heteroatoms. The number of benzene rings is 2. The first kappa shape index (κ1) is 18.2. The van der Waals surface area contributed by atoms with Gasteiger partial charge in [-0.1, -0.05) is 48.5 Å². The number of para-hydroxylation sites is 1. The third-order valence-corrected chi connectivity index (χ3v) is 3.36. The summed E-state index contributed by atoms with van der Waals surface area (Å²) in [4.78, 5) is 12.0. The Morgan fingerprint density at radius 3 is 2.41 bits per heavy atom. The Kier molecular flexibility index (Phi) is 7.64. The lowest BCUT2D eigenvalue weighted by Crippen LogP contribution is -2.19. The van der Waals surface area contributed by atoms with E-state index in [-0.39, 0.29) is 24.4 Å². The Labute approximate surface area is 138 Å². The minimum absolute atomic E-state index is 0. The van der Waals surface area contributed by atoms with Crippen molar-refractivity contribution in [2.24, 2.45) is 5.73 Å². The molecule has 3 N–H and O–H groups in total. The molecular weight excluding hydrogens is 296 g/mol. The second kappa shape index (κ2) is 9.23. The van der Waals surface area contributed by atoms with Gasteiger partial charge in [-0.3, -0.25) is 4.79 Å². The van der Waals surface area contributed by atoms with Gasteiger partial charge in [0.05, 0.1) is 0 Å². The van der Waals surface area contributed by atoms with E-state index < -0.39 is 0 Å². The Hall–Kier alpha value is -1.84. The number of anilines is 1. The van der Waals surface area contributed by atoms with E-state index in [1.165, 1.54) is 5.56 Å². The van der Waals surface area contributed by atoms with Crippen molar-refractivity contribution in [2.75, 3.05) is 5.32 Å². The van der Waals surface area contributed by atoms with Crippen molar-refractivity contribution in [3.63, 3.8) is 0 Å². The molecule has 1 unspecified atom stereocenters. The van der Waals surface area contributed by atoms with Gasteiger partial charge in [-0.25, -0.2) is 0 Å². The summed E-state index contributed by atoms with van der Waals surface area (Å²) in [5.74, 6) is 0.0211. The summed E-state index contributed by atoms with van der Waals surface area (Å²) in [6.07, 6.45) is 1.97. The Balaban J connectivity index is 0.00000242. The third kappa shape index (κ3) is 5.88. The van der Waals surface area contributed by atoms with Crippen LogP contribution in [-0.2, 0) is 11.2 Å². The van der Waals surface area contributed by atoms with Gasteiger partial charge < -0.3 is 11.1 Å². The summed E-state index contributed by atoms with van der Waals surface area (Å²) >= 11 is 0. The van der Waals surface area contributed by atoms with Gasteiger partial charge in [-0.05, 0) is 37.0 Å². The summed E-state index contributed by atoms with van der Waals surface area (Å²) in [6, 6.07) is 18.2. The second-order valence-corrected chi connectivity index (χ2v) is 5.38. The normalized spacial score (nSPS) is 11.4. The summed E-state index contributed by atoms with van der Waals surface area (Å²) in [5.41, 5.74) is 8.93. The van der Waals surface area contributed by atoms with Crippen molar-refractivity contribution in [2.45, 2.75) is 32.2 Å². The number of hydrogen-bond acceptors (Lipinski definition) is 2. The van der Waals surface area contributed by atoms with E-state index in [9.17, 15) is 4.79 Å². The maximum Gasteiger partial charge on any atom is 0.224 e. The van der Waals surface area contributed by atoms with Crippen molar-refractivity contribution in [3.05, 3.63) is 65.7 Å². The Bertz CT molecular complexity index is 585. The van der Waals surface area contributed by atoms with E-state index in [0.717, 1.165) is 17.7 Å². The van der Waals surface area contributed by atoms with E-state index in [2.05, 4.69) is 17.4 Å². The summed E-state index contributed by atoms with van der Waals surface area (Å²) in [7, 11) is 0. The highest BCUT2D eigenvalue weighted by atomic mass is 35.5. The number of nitrogens with two attached hydrogens (primary N) is 1. The fourth-order valence-corrected chi connectivity index (χ4v) is 2.18. The standard InChI is InChI=1S/C18H22N2O.ClH/c1-14(19)11-12-18(21)20-17-10-6-5-9-16(17)13-15-7-3-2-4-8-15;/h2-10,14H,11-13,19H2,1H3,(H,20,21);1H. The van der Waals surface area contributed by atoms with E-state index >= 15 is 0 Å². The predicted octanol–water partition coefficient (Wildman–Crippen LogP) is 3.77. The van der Waals surface area contributed by atoms with Gasteiger partial charge >= 0.3 is 0 Å². The molecule has 0 aliphatic carbocycles. The minimum atomic E-state index is 0. The van der Waals surface area contributed by atoms with E-state index in [1.807, 2.05) is 49.4 Å². The van der Waals surface area contributed by atoms with Crippen LogP contribution in [0.4, 0.5) is 5.69 Å². The smallest absolute Gasteiger partial charge is 0.224 e. The number of carbonyl (C=O) groups is 1. The molecule has 118 valence electrons. The first-order valence-electron chi connectivity index (χ1n) is 7.32. The molecule has 2 aromatic carbocycles. The van der Waals surface area contributed by atoms with Crippen LogP contribution < -0.4 is 11.1 Å². The predicted molar refractivity (Wildman–Crippen MR) is 94.5 cm³/mol. The lowest BCUT2D eigenvalue weighted by Gasteiger charge is -2.12. The Morgan fingerprint density at radius 1 is 1.09 bits per heavy atom. The fourth-order valence-electron chi connectivity index (χ4n) is 2.18. The van der Waals surface area contributed by atoms with Gasteiger partial charge in [0, 0.05) is 18.2 Å². The molecule has 3 nitrogen and oxygen atoms in total. The lowest BCUT2D eigenvalue weighted by atomic mass is 10.0. The summed E-state index contributed by atoms with van der Waals surface area (Å²) < 4.78 is 0. The molecule has 0 saturated heterocycles. The molecule has 1 atom stereocenters. The molecule has 22 heavy (non-hydrogen) atoms. The topological polar surface area (TPSA) is 55.1 Å². The number of amides is 1. The minimum Gasteiger partial charge on any atom is -0.328 e. The van der Waals surface area contributed by atoms with Gasteiger partial charge in [0.2, 0.25) is 5.91 Å². The molecule has 0 aliphatic heterocycles. The SMILES string of the molecule is CC(N)CCC(=O)Nc1ccccc1Cc1ccccc1.Cl. The highest BCUT2D eigenvalue weighted by Gasteiger charge is 2.08. The largest absolute Gasteiger partial charge is 0.328 e. The zero-order chi connectivity index (χ0) is 15.1. The molecule has 2 rings (SSSR count). The van der Waals surface area contributed by atoms with Crippen molar-refractivity contribution >= 4 is 24.0 Å². The zero-order valence-electron chi connectivity index (χ0n) is 12.8. The molecule has 0 spiro atoms. The van der Waals surface area contributed by atoms with Crippen LogP contribution in [0.5, 0.6) is 0 Å². The number of rotatable bonds is 6. The van der Waals surface area contributed by atoms with Crippen LogP contribution in [0, 0.1) is 0 Å². The van der Waals surface area contributed by atoms with Crippen LogP contribution in [0.25, 0.3) is 0 Å². The summed E-state index contributed by atoms with van der Waals surface area (Å²) in [6.45, 7) is 1.91. The number of nitrogens with one attached hydrogen (secondary N) is 1. The number of carbonyl (C=O) groups excluding carboxylic acids is 1. The highest BCUT2D eigenvalue weighted by molar-refractivity contribution is 5.91. The second-order valence-electron chi connectivity index (χ2n) is 5.38. The Morgan fingerprint density at radius 2 is 1.73 bits per heavy atom. The van der Waals surface area contributed by atoms with Crippen LogP contribution in [0.1, 0.15) is 30.9 Å². The van der Waals surface area contributed by atoms with E-state index in [1.54, 1.807) is 0 Å². The quantitative estimate of drug-likeness (QED) is 0.852. The van der Waals surface area contributed by atoms with Crippen molar-refractivity contribution in [1.29, 1.82) is 0 Å². The monoisotopic (exact) mass is 318 g/mol. The van der Waals surface area contributed by atoms with Crippen LogP contribution in [0.2, 0.25) is 0 Å². The van der Waals surface area contributed by atoms with Crippen LogP contribution in [0.15, 0.2) is 54.6 Å². The molecule has 1 amide bonds. The van der Waals surface area contributed by atoms with Gasteiger partial charge in [-0.15, -0.1) is 12.4 Å². The molecule has 0 bridgehead atoms. The average molecular weight is 319 g/mol. The van der Waals surface area contributed by atoms with Gasteiger partial charge in [0.1, 0.15) is 0 Å².